The zero-order valence-electron chi connectivity index (χ0n) is 20.9. The minimum atomic E-state index is -0.527. The van der Waals surface area contributed by atoms with Crippen molar-refractivity contribution in [2.45, 2.75) is 0 Å². The number of hydrogen-bond donors (Lipinski definition) is 2. The largest absolute Gasteiger partial charge is 0.422 e. The van der Waals surface area contributed by atoms with Crippen molar-refractivity contribution in [3.05, 3.63) is 127 Å². The summed E-state index contributed by atoms with van der Waals surface area (Å²) in [6, 6.07) is 25.8. The molecule has 5 aromatic rings. The van der Waals surface area contributed by atoms with Gasteiger partial charge in [0, 0.05) is 35.8 Å². The SMILES string of the molecule is O=C(N/N=C\c1cc(Br)ccc1OC(=O)c1ccc(Br)cc1)c1ccc(NC(=O)c2sc3ccccc3c2Cl)cc1. The Bertz CT molecular complexity index is 1810. The Balaban J connectivity index is 1.22. The minimum absolute atomic E-state index is 0.276. The van der Waals surface area contributed by atoms with E-state index in [-0.39, 0.29) is 11.7 Å². The van der Waals surface area contributed by atoms with Crippen molar-refractivity contribution in [3.63, 3.8) is 0 Å². The summed E-state index contributed by atoms with van der Waals surface area (Å²) in [6.07, 6.45) is 1.39. The van der Waals surface area contributed by atoms with Gasteiger partial charge in [-0.05, 0) is 72.8 Å². The molecule has 1 aromatic heterocycles. The van der Waals surface area contributed by atoms with Gasteiger partial charge in [0.2, 0.25) is 0 Å². The Morgan fingerprint density at radius 1 is 0.829 bits per heavy atom. The van der Waals surface area contributed by atoms with E-state index in [4.69, 9.17) is 16.3 Å². The maximum atomic E-state index is 12.8. The number of benzene rings is 4. The van der Waals surface area contributed by atoms with Gasteiger partial charge in [-0.15, -0.1) is 11.3 Å². The van der Waals surface area contributed by atoms with Crippen LogP contribution in [0.4, 0.5) is 5.69 Å². The number of nitrogens with zero attached hydrogens (tertiary/aromatic N) is 1. The van der Waals surface area contributed by atoms with E-state index < -0.39 is 11.9 Å². The Morgan fingerprint density at radius 3 is 2.24 bits per heavy atom. The lowest BCUT2D eigenvalue weighted by Crippen LogP contribution is -2.18. The topological polar surface area (TPSA) is 96.9 Å². The second-order valence-corrected chi connectivity index (χ2v) is 11.8. The number of rotatable bonds is 7. The summed E-state index contributed by atoms with van der Waals surface area (Å²) in [5.41, 5.74) is 4.16. The summed E-state index contributed by atoms with van der Waals surface area (Å²) >= 11 is 14.5. The fourth-order valence-corrected chi connectivity index (χ4v) is 5.79. The molecule has 204 valence electrons. The van der Waals surface area contributed by atoms with E-state index in [1.807, 2.05) is 24.3 Å². The first kappa shape index (κ1) is 28.7. The van der Waals surface area contributed by atoms with E-state index in [0.29, 0.717) is 32.3 Å². The smallest absolute Gasteiger partial charge is 0.343 e. The lowest BCUT2D eigenvalue weighted by Gasteiger charge is -2.08. The van der Waals surface area contributed by atoms with Crippen LogP contribution in [0.2, 0.25) is 5.02 Å². The second-order valence-electron chi connectivity index (χ2n) is 8.55. The van der Waals surface area contributed by atoms with Gasteiger partial charge in [-0.2, -0.15) is 5.10 Å². The van der Waals surface area contributed by atoms with E-state index in [9.17, 15) is 14.4 Å². The quantitative estimate of drug-likeness (QED) is 0.0769. The van der Waals surface area contributed by atoms with Crippen molar-refractivity contribution in [2.24, 2.45) is 5.10 Å². The number of fused-ring (bicyclic) bond motifs is 1. The highest BCUT2D eigenvalue weighted by molar-refractivity contribution is 9.10. The first-order chi connectivity index (χ1) is 19.8. The Kier molecular flexibility index (Phi) is 8.94. The van der Waals surface area contributed by atoms with Crippen LogP contribution in [-0.4, -0.2) is 24.0 Å². The zero-order valence-corrected chi connectivity index (χ0v) is 25.6. The summed E-state index contributed by atoms with van der Waals surface area (Å²) in [7, 11) is 0. The molecule has 2 N–H and O–H groups in total. The summed E-state index contributed by atoms with van der Waals surface area (Å²) in [5, 5.41) is 8.08. The Hall–Kier alpha value is -3.83. The summed E-state index contributed by atoms with van der Waals surface area (Å²) in [4.78, 5) is 38.4. The molecule has 0 aliphatic carbocycles. The van der Waals surface area contributed by atoms with Crippen LogP contribution in [0.3, 0.4) is 0 Å². The van der Waals surface area contributed by atoms with Gasteiger partial charge in [-0.25, -0.2) is 10.2 Å². The van der Waals surface area contributed by atoms with Crippen molar-refractivity contribution in [2.75, 3.05) is 5.32 Å². The molecule has 5 rings (SSSR count). The van der Waals surface area contributed by atoms with E-state index in [1.54, 1.807) is 66.7 Å². The average Bonchev–Trinajstić information content (AvgIpc) is 3.31. The van der Waals surface area contributed by atoms with Crippen LogP contribution in [-0.2, 0) is 0 Å². The van der Waals surface area contributed by atoms with Gasteiger partial charge >= 0.3 is 5.97 Å². The average molecular weight is 712 g/mol. The molecule has 0 bridgehead atoms. The molecule has 0 spiro atoms. The number of thiophene rings is 1. The molecule has 0 atom stereocenters. The molecular weight excluding hydrogens is 694 g/mol. The monoisotopic (exact) mass is 709 g/mol. The van der Waals surface area contributed by atoms with Gasteiger partial charge in [0.05, 0.1) is 16.8 Å². The number of hydrogen-bond acceptors (Lipinski definition) is 6. The number of esters is 1. The summed E-state index contributed by atoms with van der Waals surface area (Å²) in [5.74, 6) is -1.04. The molecule has 0 unspecified atom stereocenters. The minimum Gasteiger partial charge on any atom is -0.422 e. The van der Waals surface area contributed by atoms with Crippen molar-refractivity contribution >= 4 is 94.6 Å². The lowest BCUT2D eigenvalue weighted by molar-refractivity contribution is 0.0733. The fourth-order valence-electron chi connectivity index (χ4n) is 3.74. The molecule has 7 nitrogen and oxygen atoms in total. The first-order valence-electron chi connectivity index (χ1n) is 12.0. The van der Waals surface area contributed by atoms with Crippen molar-refractivity contribution in [3.8, 4) is 5.75 Å². The predicted molar refractivity (Wildman–Crippen MR) is 170 cm³/mol. The molecule has 0 fully saturated rings. The van der Waals surface area contributed by atoms with E-state index in [1.165, 1.54) is 17.6 Å². The third-order valence-electron chi connectivity index (χ3n) is 5.77. The van der Waals surface area contributed by atoms with Gasteiger partial charge in [-0.1, -0.05) is 61.7 Å². The number of anilines is 1. The maximum Gasteiger partial charge on any atom is 0.343 e. The van der Waals surface area contributed by atoms with Crippen LogP contribution in [0.1, 0.15) is 36.0 Å². The highest BCUT2D eigenvalue weighted by Gasteiger charge is 2.17. The maximum absolute atomic E-state index is 12.8. The van der Waals surface area contributed by atoms with Crippen molar-refractivity contribution in [1.82, 2.24) is 5.43 Å². The molecule has 0 saturated heterocycles. The number of carbonyl (C=O) groups is 3. The van der Waals surface area contributed by atoms with Crippen LogP contribution in [0.15, 0.2) is 105 Å². The highest BCUT2D eigenvalue weighted by atomic mass is 79.9. The Morgan fingerprint density at radius 2 is 1.51 bits per heavy atom. The van der Waals surface area contributed by atoms with Gasteiger partial charge < -0.3 is 10.1 Å². The van der Waals surface area contributed by atoms with Gasteiger partial charge in [0.15, 0.2) is 0 Å². The van der Waals surface area contributed by atoms with E-state index in [2.05, 4.69) is 47.7 Å². The number of amides is 2. The highest BCUT2D eigenvalue weighted by Crippen LogP contribution is 2.35. The van der Waals surface area contributed by atoms with Gasteiger partial charge in [0.25, 0.3) is 11.8 Å². The molecule has 0 radical (unpaired) electrons. The second kappa shape index (κ2) is 12.8. The number of hydrazone groups is 1. The summed E-state index contributed by atoms with van der Waals surface area (Å²) < 4.78 is 8.06. The first-order valence-corrected chi connectivity index (χ1v) is 14.8. The lowest BCUT2D eigenvalue weighted by atomic mass is 10.2. The van der Waals surface area contributed by atoms with Gasteiger partial charge in [0.1, 0.15) is 10.6 Å². The normalized spacial score (nSPS) is 11.0. The Labute approximate surface area is 260 Å². The molecule has 2 amide bonds. The third-order valence-corrected chi connectivity index (χ3v) is 8.47. The standard InChI is InChI=1S/C30H18Br2ClN3O4S/c31-20-9-5-18(6-10-20)30(39)40-24-14-11-21(32)15-19(24)16-34-36-28(37)17-7-12-22(13-8-17)35-29(38)27-26(33)23-3-1-2-4-25(23)41-27/h1-16H,(H,35,38)(H,36,37)/b34-16-. The number of carbonyl (C=O) groups excluding carboxylic acids is 3. The molecule has 0 aliphatic heterocycles. The van der Waals surface area contributed by atoms with Crippen LogP contribution >= 0.6 is 54.8 Å². The third kappa shape index (κ3) is 6.91. The van der Waals surface area contributed by atoms with Crippen LogP contribution in [0, 0.1) is 0 Å². The number of ether oxygens (including phenoxy) is 1. The number of nitrogens with one attached hydrogen (secondary N) is 2. The molecule has 0 saturated carbocycles. The van der Waals surface area contributed by atoms with Crippen molar-refractivity contribution in [1.29, 1.82) is 0 Å². The summed E-state index contributed by atoms with van der Waals surface area (Å²) in [6.45, 7) is 0. The molecular formula is C30H18Br2ClN3O4S. The van der Waals surface area contributed by atoms with Crippen LogP contribution in [0.25, 0.3) is 10.1 Å². The molecule has 0 aliphatic rings. The van der Waals surface area contributed by atoms with Crippen LogP contribution in [0.5, 0.6) is 5.75 Å². The molecule has 11 heteroatoms. The molecule has 41 heavy (non-hydrogen) atoms. The van der Waals surface area contributed by atoms with Crippen molar-refractivity contribution < 1.29 is 19.1 Å². The fraction of sp³-hybridized carbons (Fsp3) is 0. The molecule has 1 heterocycles. The van der Waals surface area contributed by atoms with Crippen LogP contribution < -0.4 is 15.5 Å². The van der Waals surface area contributed by atoms with E-state index in [0.717, 1.165) is 19.0 Å². The van der Waals surface area contributed by atoms with Gasteiger partial charge in [-0.3, -0.25) is 9.59 Å². The zero-order chi connectivity index (χ0) is 28.9. The number of halogens is 3. The molecule has 4 aromatic carbocycles. The predicted octanol–water partition coefficient (Wildman–Crippen LogP) is 8.32. The van der Waals surface area contributed by atoms with E-state index >= 15 is 0 Å².